The van der Waals surface area contributed by atoms with Gasteiger partial charge >= 0.3 is 0 Å². The first kappa shape index (κ1) is 14.4. The van der Waals surface area contributed by atoms with Crippen molar-refractivity contribution in [3.63, 3.8) is 0 Å². The average Bonchev–Trinajstić information content (AvgIpc) is 2.40. The van der Waals surface area contributed by atoms with Gasteiger partial charge in [-0.25, -0.2) is 0 Å². The highest BCUT2D eigenvalue weighted by Crippen LogP contribution is 2.31. The second kappa shape index (κ2) is 5.93. The van der Waals surface area contributed by atoms with Crippen LogP contribution in [0.15, 0.2) is 33.5 Å². The van der Waals surface area contributed by atoms with Crippen LogP contribution in [0, 0.1) is 18.3 Å². The maximum Gasteiger partial charge on any atom is 0.266 e. The number of nitrogens with one attached hydrogen (secondary N) is 1. The standard InChI is InChI=1S/C15H13BrN2O2/c1-3-20-14-5-4-10(7-13(14)16)11-6-9(2)18-15(19)12(11)8-17/h4-7H,3H2,1-2H3,(H,18,19). The summed E-state index contributed by atoms with van der Waals surface area (Å²) >= 11 is 3.44. The molecule has 5 heteroatoms. The fourth-order valence-corrected chi connectivity index (χ4v) is 2.46. The molecule has 4 nitrogen and oxygen atoms in total. The van der Waals surface area contributed by atoms with E-state index >= 15 is 0 Å². The summed E-state index contributed by atoms with van der Waals surface area (Å²) in [6.07, 6.45) is 0. The molecule has 0 unspecified atom stereocenters. The Morgan fingerprint density at radius 3 is 2.75 bits per heavy atom. The van der Waals surface area contributed by atoms with Gasteiger partial charge in [0.25, 0.3) is 5.56 Å². The molecule has 0 aliphatic heterocycles. The Morgan fingerprint density at radius 2 is 2.15 bits per heavy atom. The summed E-state index contributed by atoms with van der Waals surface area (Å²) in [7, 11) is 0. The number of halogens is 1. The van der Waals surface area contributed by atoms with Gasteiger partial charge < -0.3 is 9.72 Å². The summed E-state index contributed by atoms with van der Waals surface area (Å²) in [4.78, 5) is 14.4. The van der Waals surface area contributed by atoms with E-state index in [-0.39, 0.29) is 11.1 Å². The molecule has 0 radical (unpaired) electrons. The Hall–Kier alpha value is -2.06. The molecule has 0 bridgehead atoms. The van der Waals surface area contributed by atoms with Crippen LogP contribution in [0.2, 0.25) is 0 Å². The Morgan fingerprint density at radius 1 is 1.40 bits per heavy atom. The van der Waals surface area contributed by atoms with Crippen molar-refractivity contribution in [2.45, 2.75) is 13.8 Å². The number of pyridine rings is 1. The van der Waals surface area contributed by atoms with Crippen LogP contribution in [0.1, 0.15) is 18.2 Å². The molecule has 2 rings (SSSR count). The molecule has 20 heavy (non-hydrogen) atoms. The van der Waals surface area contributed by atoms with Gasteiger partial charge in [0, 0.05) is 11.3 Å². The Balaban J connectivity index is 2.61. The minimum atomic E-state index is -0.368. The number of hydrogen-bond acceptors (Lipinski definition) is 3. The van der Waals surface area contributed by atoms with Crippen molar-refractivity contribution >= 4 is 15.9 Å². The first-order valence-corrected chi connectivity index (χ1v) is 6.93. The lowest BCUT2D eigenvalue weighted by Crippen LogP contribution is -2.12. The van der Waals surface area contributed by atoms with E-state index in [9.17, 15) is 4.79 Å². The van der Waals surface area contributed by atoms with Crippen LogP contribution < -0.4 is 10.3 Å². The van der Waals surface area contributed by atoms with Crippen LogP contribution in [0.3, 0.4) is 0 Å². The summed E-state index contributed by atoms with van der Waals surface area (Å²) < 4.78 is 6.24. The number of rotatable bonds is 3. The quantitative estimate of drug-likeness (QED) is 0.936. The number of H-pyrrole nitrogens is 1. The van der Waals surface area contributed by atoms with Crippen LogP contribution >= 0.6 is 15.9 Å². The van der Waals surface area contributed by atoms with Gasteiger partial charge in [-0.1, -0.05) is 6.07 Å². The van der Waals surface area contributed by atoms with E-state index in [1.54, 1.807) is 13.0 Å². The molecular formula is C15H13BrN2O2. The van der Waals surface area contributed by atoms with Gasteiger partial charge in [0.05, 0.1) is 11.1 Å². The number of hydrogen-bond donors (Lipinski definition) is 1. The van der Waals surface area contributed by atoms with Crippen molar-refractivity contribution in [3.05, 3.63) is 50.3 Å². The van der Waals surface area contributed by atoms with Crippen molar-refractivity contribution in [1.29, 1.82) is 5.26 Å². The number of aromatic nitrogens is 1. The van der Waals surface area contributed by atoms with Gasteiger partial charge in [0.1, 0.15) is 17.4 Å². The molecule has 1 aromatic heterocycles. The summed E-state index contributed by atoms with van der Waals surface area (Å²) in [5.74, 6) is 0.733. The van der Waals surface area contributed by atoms with Crippen molar-refractivity contribution < 1.29 is 4.74 Å². The molecule has 0 spiro atoms. The molecule has 102 valence electrons. The fourth-order valence-electron chi connectivity index (χ4n) is 1.97. The predicted octanol–water partition coefficient (Wildman–Crippen LogP) is 3.38. The van der Waals surface area contributed by atoms with Crippen LogP contribution in [0.25, 0.3) is 11.1 Å². The highest BCUT2D eigenvalue weighted by atomic mass is 79.9. The van der Waals surface area contributed by atoms with E-state index in [0.29, 0.717) is 17.9 Å². The molecule has 0 fully saturated rings. The maximum absolute atomic E-state index is 11.8. The first-order valence-electron chi connectivity index (χ1n) is 6.13. The Kier molecular flexibility index (Phi) is 4.26. The minimum Gasteiger partial charge on any atom is -0.493 e. The highest BCUT2D eigenvalue weighted by molar-refractivity contribution is 9.10. The maximum atomic E-state index is 11.8. The van der Waals surface area contributed by atoms with Crippen LogP contribution in [-0.2, 0) is 0 Å². The third-order valence-corrected chi connectivity index (χ3v) is 3.44. The van der Waals surface area contributed by atoms with E-state index in [1.807, 2.05) is 31.2 Å². The first-order chi connectivity index (χ1) is 9.56. The van der Waals surface area contributed by atoms with Gasteiger partial charge in [-0.05, 0) is 53.5 Å². The van der Waals surface area contributed by atoms with E-state index in [4.69, 9.17) is 10.00 Å². The van der Waals surface area contributed by atoms with Gasteiger partial charge in [-0.3, -0.25) is 4.79 Å². The van der Waals surface area contributed by atoms with Gasteiger partial charge in [-0.15, -0.1) is 0 Å². The summed E-state index contributed by atoms with van der Waals surface area (Å²) in [5, 5.41) is 9.15. The van der Waals surface area contributed by atoms with Crippen molar-refractivity contribution in [2.75, 3.05) is 6.61 Å². The number of ether oxygens (including phenoxy) is 1. The zero-order valence-corrected chi connectivity index (χ0v) is 12.7. The molecule has 0 saturated carbocycles. The van der Waals surface area contributed by atoms with Gasteiger partial charge in [0.15, 0.2) is 0 Å². The molecule has 1 heterocycles. The van der Waals surface area contributed by atoms with E-state index in [1.165, 1.54) is 0 Å². The number of benzene rings is 1. The third kappa shape index (κ3) is 2.75. The van der Waals surface area contributed by atoms with Crippen molar-refractivity contribution in [3.8, 4) is 22.9 Å². The van der Waals surface area contributed by atoms with E-state index in [0.717, 1.165) is 15.8 Å². The molecule has 0 amide bonds. The molecular weight excluding hydrogens is 320 g/mol. The number of nitriles is 1. The van der Waals surface area contributed by atoms with Crippen molar-refractivity contribution in [2.24, 2.45) is 0 Å². The molecule has 0 atom stereocenters. The zero-order chi connectivity index (χ0) is 14.7. The topological polar surface area (TPSA) is 65.9 Å². The van der Waals surface area contributed by atoms with Gasteiger partial charge in [-0.2, -0.15) is 5.26 Å². The Bertz CT molecular complexity index is 745. The lowest BCUT2D eigenvalue weighted by Gasteiger charge is -2.09. The van der Waals surface area contributed by atoms with Gasteiger partial charge in [0.2, 0.25) is 0 Å². The normalized spacial score (nSPS) is 10.1. The summed E-state index contributed by atoms with van der Waals surface area (Å²) in [6, 6.07) is 9.26. The molecule has 0 aliphatic rings. The lowest BCUT2D eigenvalue weighted by molar-refractivity contribution is 0.338. The van der Waals surface area contributed by atoms with Crippen LogP contribution in [-0.4, -0.2) is 11.6 Å². The Labute approximate surface area is 125 Å². The van der Waals surface area contributed by atoms with E-state index in [2.05, 4.69) is 20.9 Å². The molecule has 2 aromatic rings. The largest absolute Gasteiger partial charge is 0.493 e. The number of nitrogens with zero attached hydrogens (tertiary/aromatic N) is 1. The molecule has 0 saturated heterocycles. The third-order valence-electron chi connectivity index (χ3n) is 2.82. The summed E-state index contributed by atoms with van der Waals surface area (Å²) in [6.45, 7) is 4.27. The molecule has 1 N–H and O–H groups in total. The second-order valence-electron chi connectivity index (χ2n) is 4.26. The minimum absolute atomic E-state index is 0.117. The van der Waals surface area contributed by atoms with Crippen LogP contribution in [0.4, 0.5) is 0 Å². The highest BCUT2D eigenvalue weighted by Gasteiger charge is 2.12. The van der Waals surface area contributed by atoms with Crippen molar-refractivity contribution in [1.82, 2.24) is 4.98 Å². The number of aromatic amines is 1. The van der Waals surface area contributed by atoms with Crippen LogP contribution in [0.5, 0.6) is 5.75 Å². The number of aryl methyl sites for hydroxylation is 1. The predicted molar refractivity (Wildman–Crippen MR) is 80.8 cm³/mol. The lowest BCUT2D eigenvalue weighted by atomic mass is 10.0. The second-order valence-corrected chi connectivity index (χ2v) is 5.11. The molecule has 0 aliphatic carbocycles. The fraction of sp³-hybridized carbons (Fsp3) is 0.200. The van der Waals surface area contributed by atoms with E-state index < -0.39 is 0 Å². The summed E-state index contributed by atoms with van der Waals surface area (Å²) in [5.41, 5.74) is 1.89. The monoisotopic (exact) mass is 332 g/mol. The molecule has 1 aromatic carbocycles. The SMILES string of the molecule is CCOc1ccc(-c2cc(C)[nH]c(=O)c2C#N)cc1Br. The smallest absolute Gasteiger partial charge is 0.266 e. The average molecular weight is 333 g/mol. The zero-order valence-electron chi connectivity index (χ0n) is 11.2.